The molecule has 8 heterocycles. The Hall–Kier alpha value is -4.62. The lowest BCUT2D eigenvalue weighted by molar-refractivity contribution is -0.196. The molecule has 4 aromatic rings. The molecule has 4 fully saturated rings. The van der Waals surface area contributed by atoms with E-state index in [-0.39, 0.29) is 24.3 Å². The van der Waals surface area contributed by atoms with Gasteiger partial charge in [-0.05, 0) is 60.4 Å². The Bertz CT molecular complexity index is 1820. The Morgan fingerprint density at radius 1 is 0.667 bits per heavy atom. The van der Waals surface area contributed by atoms with Crippen molar-refractivity contribution in [2.24, 2.45) is 0 Å². The van der Waals surface area contributed by atoms with Gasteiger partial charge < -0.3 is 18.9 Å². The number of rotatable bonds is 12. The molecule has 0 aromatic carbocycles. The van der Waals surface area contributed by atoms with E-state index < -0.39 is 23.4 Å². The molecule has 8 rings (SSSR count). The van der Waals surface area contributed by atoms with Crippen molar-refractivity contribution < 1.29 is 28.5 Å². The van der Waals surface area contributed by atoms with Crippen LogP contribution in [0, 0.1) is 0 Å². The molecule has 14 heteroatoms. The van der Waals surface area contributed by atoms with Crippen LogP contribution in [0.25, 0.3) is 0 Å². The maximum absolute atomic E-state index is 13.7. The zero-order valence-electron chi connectivity index (χ0n) is 29.5. The highest BCUT2D eigenvalue weighted by Gasteiger charge is 2.56. The lowest BCUT2D eigenvalue weighted by atomic mass is 9.95. The van der Waals surface area contributed by atoms with Gasteiger partial charge in [0.1, 0.15) is 12.2 Å². The fourth-order valence-corrected chi connectivity index (χ4v) is 8.87. The Morgan fingerprint density at radius 3 is 1.48 bits per heavy atom. The van der Waals surface area contributed by atoms with Crippen molar-refractivity contribution in [3.8, 4) is 11.8 Å². The molecule has 0 radical (unpaired) electrons. The second kappa shape index (κ2) is 15.6. The maximum Gasteiger partial charge on any atom is 0.332 e. The summed E-state index contributed by atoms with van der Waals surface area (Å²) in [6, 6.07) is 15.0. The van der Waals surface area contributed by atoms with Gasteiger partial charge in [0.25, 0.3) is 0 Å². The molecular weight excluding hydrogens is 731 g/mol. The van der Waals surface area contributed by atoms with E-state index in [1.807, 2.05) is 24.3 Å². The molecule has 12 nitrogen and oxygen atoms in total. The molecule has 0 saturated carbocycles. The third-order valence-electron chi connectivity index (χ3n) is 10.9. The first-order valence-corrected chi connectivity index (χ1v) is 19.0. The van der Waals surface area contributed by atoms with E-state index >= 15 is 0 Å². The van der Waals surface area contributed by atoms with Crippen LogP contribution < -0.4 is 9.47 Å². The zero-order chi connectivity index (χ0) is 37.1. The molecule has 4 bridgehead atoms. The Kier molecular flexibility index (Phi) is 10.5. The predicted octanol–water partition coefficient (Wildman–Crippen LogP) is 6.72. The quantitative estimate of drug-likeness (QED) is 0.112. The number of halogens is 2. The second-order valence-electron chi connectivity index (χ2n) is 14.4. The fraction of sp³-hybridized carbons (Fsp3) is 0.400. The monoisotopic (exact) mass is 770 g/mol. The molecule has 0 spiro atoms. The minimum absolute atomic E-state index is 0.108. The lowest BCUT2D eigenvalue weighted by Gasteiger charge is -2.46. The molecule has 6 unspecified atom stereocenters. The molecule has 54 heavy (non-hydrogen) atoms. The number of fused-ring (bicyclic) bond motifs is 4. The molecule has 0 amide bonds. The van der Waals surface area contributed by atoms with Crippen LogP contribution in [-0.4, -0.2) is 77.4 Å². The van der Waals surface area contributed by atoms with E-state index in [0.29, 0.717) is 60.6 Å². The van der Waals surface area contributed by atoms with Crippen LogP contribution in [0.1, 0.15) is 62.5 Å². The molecule has 0 aliphatic carbocycles. The number of nitrogens with zero attached hydrogens (tertiary/aromatic N) is 6. The van der Waals surface area contributed by atoms with Gasteiger partial charge in [0.15, 0.2) is 11.4 Å². The van der Waals surface area contributed by atoms with Gasteiger partial charge in [0.05, 0.1) is 10.0 Å². The van der Waals surface area contributed by atoms with Gasteiger partial charge in [-0.15, -0.1) is 0 Å². The Balaban J connectivity index is 0.984. The highest BCUT2D eigenvalue weighted by molar-refractivity contribution is 6.30. The average Bonchev–Trinajstić information content (AvgIpc) is 3.48. The summed E-state index contributed by atoms with van der Waals surface area (Å²) in [6.45, 7) is 1.15. The number of pyridine rings is 4. The summed E-state index contributed by atoms with van der Waals surface area (Å²) in [5.74, 6) is -0.345. The molecule has 6 atom stereocenters. The first kappa shape index (κ1) is 36.4. The highest BCUT2D eigenvalue weighted by atomic mass is 35.5. The van der Waals surface area contributed by atoms with Crippen molar-refractivity contribution in [1.29, 1.82) is 0 Å². The summed E-state index contributed by atoms with van der Waals surface area (Å²) in [5, 5.41) is 1.04. The standard InChI is InChI=1S/C40H40Cl2N6O6/c41-29-1-3-35(45-23-29)51-33-19-31-7-13-39(21-33,47(31)25-27-9-15-43-16-10-27)53-37(49)5-6-38(50)54-40-14-8-32(48(40)26-28-11-17-44-18-12-28)20-34(22-40)52-36-4-2-30(42)24-46-36/h1-6,9-12,15-18,23-24,31-34H,7-8,13-14,19-22,25-26H2/b6-5+. The molecule has 4 aromatic heterocycles. The number of hydrogen-bond acceptors (Lipinski definition) is 12. The predicted molar refractivity (Wildman–Crippen MR) is 198 cm³/mol. The number of hydrogen-bond donors (Lipinski definition) is 0. The van der Waals surface area contributed by atoms with Gasteiger partial charge in [-0.2, -0.15) is 0 Å². The minimum Gasteiger partial charge on any atom is -0.474 e. The summed E-state index contributed by atoms with van der Waals surface area (Å²) in [7, 11) is 0. The number of esters is 2. The van der Waals surface area contributed by atoms with Crippen LogP contribution in [0.2, 0.25) is 10.0 Å². The largest absolute Gasteiger partial charge is 0.474 e. The Labute approximate surface area is 323 Å². The zero-order valence-corrected chi connectivity index (χ0v) is 31.0. The smallest absolute Gasteiger partial charge is 0.332 e. The third kappa shape index (κ3) is 8.07. The molecule has 4 aliphatic rings. The second-order valence-corrected chi connectivity index (χ2v) is 15.3. The van der Waals surface area contributed by atoms with Gasteiger partial charge in [0, 0.05) is 125 Å². The summed E-state index contributed by atoms with van der Waals surface area (Å²) in [4.78, 5) is 48.8. The van der Waals surface area contributed by atoms with Crippen LogP contribution in [-0.2, 0) is 32.2 Å². The number of carbonyl (C=O) groups is 2. The van der Waals surface area contributed by atoms with E-state index in [2.05, 4.69) is 29.7 Å². The molecular formula is C40H40Cl2N6O6. The van der Waals surface area contributed by atoms with Crippen LogP contribution in [0.5, 0.6) is 11.8 Å². The lowest BCUT2D eigenvalue weighted by Crippen LogP contribution is -2.57. The van der Waals surface area contributed by atoms with E-state index in [0.717, 1.165) is 36.8 Å². The first-order chi connectivity index (χ1) is 26.2. The van der Waals surface area contributed by atoms with Crippen molar-refractivity contribution in [3.63, 3.8) is 0 Å². The molecule has 280 valence electrons. The van der Waals surface area contributed by atoms with Gasteiger partial charge in [-0.3, -0.25) is 19.8 Å². The third-order valence-corrected chi connectivity index (χ3v) is 11.4. The van der Waals surface area contributed by atoms with Crippen LogP contribution in [0.4, 0.5) is 0 Å². The Morgan fingerprint density at radius 2 is 1.09 bits per heavy atom. The van der Waals surface area contributed by atoms with Gasteiger partial charge in [-0.1, -0.05) is 23.2 Å². The van der Waals surface area contributed by atoms with Gasteiger partial charge in [0.2, 0.25) is 11.8 Å². The first-order valence-electron chi connectivity index (χ1n) is 18.3. The maximum atomic E-state index is 13.7. The molecule has 4 aliphatic heterocycles. The van der Waals surface area contributed by atoms with Crippen LogP contribution in [0.3, 0.4) is 0 Å². The summed E-state index contributed by atoms with van der Waals surface area (Å²) in [5.41, 5.74) is 0.220. The van der Waals surface area contributed by atoms with Crippen LogP contribution >= 0.6 is 23.2 Å². The van der Waals surface area contributed by atoms with Crippen molar-refractivity contribution >= 4 is 35.1 Å². The van der Waals surface area contributed by atoms with Gasteiger partial charge >= 0.3 is 11.9 Å². The van der Waals surface area contributed by atoms with E-state index in [9.17, 15) is 9.59 Å². The summed E-state index contributed by atoms with van der Waals surface area (Å²) >= 11 is 12.1. The molecule has 4 saturated heterocycles. The van der Waals surface area contributed by atoms with Gasteiger partial charge in [-0.25, -0.2) is 19.6 Å². The number of aromatic nitrogens is 4. The molecule has 0 N–H and O–H groups in total. The summed E-state index contributed by atoms with van der Waals surface area (Å²) < 4.78 is 25.3. The highest BCUT2D eigenvalue weighted by Crippen LogP contribution is 2.48. The normalized spacial score (nSPS) is 27.8. The van der Waals surface area contributed by atoms with Crippen molar-refractivity contribution in [3.05, 3.63) is 119 Å². The van der Waals surface area contributed by atoms with Crippen molar-refractivity contribution in [2.75, 3.05) is 0 Å². The number of carbonyl (C=O) groups excluding carboxylic acids is 2. The number of piperidine rings is 2. The van der Waals surface area contributed by atoms with E-state index in [1.165, 1.54) is 12.2 Å². The minimum atomic E-state index is -0.947. The van der Waals surface area contributed by atoms with Crippen molar-refractivity contribution in [2.45, 2.75) is 100 Å². The van der Waals surface area contributed by atoms with Crippen LogP contribution in [0.15, 0.2) is 97.9 Å². The average molecular weight is 772 g/mol. The SMILES string of the molecule is O=C(/C=C/C(=O)OC12CCC(CC(Oc3ccc(Cl)cn3)C1)N2Cc1ccncc1)OC12CCC(CC(Oc3ccc(Cl)cn3)C1)N2Cc1ccncc1. The summed E-state index contributed by atoms with van der Waals surface area (Å²) in [6.07, 6.45) is 17.2. The van der Waals surface area contributed by atoms with E-state index in [1.54, 1.807) is 61.4 Å². The number of ether oxygens (including phenoxy) is 4. The van der Waals surface area contributed by atoms with Crippen molar-refractivity contribution in [1.82, 2.24) is 29.7 Å². The topological polar surface area (TPSA) is 129 Å². The fourth-order valence-electron chi connectivity index (χ4n) is 8.64. The van der Waals surface area contributed by atoms with E-state index in [4.69, 9.17) is 42.1 Å².